The van der Waals surface area contributed by atoms with Crippen LogP contribution in [-0.4, -0.2) is 37.3 Å². The van der Waals surface area contributed by atoms with Crippen LogP contribution in [0.5, 0.6) is 5.75 Å². The van der Waals surface area contributed by atoms with Crippen LogP contribution in [0.25, 0.3) is 22.2 Å². The number of aryl methyl sites for hydroxylation is 2. The molecule has 178 valence electrons. The van der Waals surface area contributed by atoms with Gasteiger partial charge in [0.25, 0.3) is 0 Å². The average molecular weight is 493 g/mol. The summed E-state index contributed by atoms with van der Waals surface area (Å²) in [6.07, 6.45) is 0. The Bertz CT molecular complexity index is 1560. The molecule has 0 bridgehead atoms. The predicted octanol–water partition coefficient (Wildman–Crippen LogP) is 6.17. The molecule has 9 heteroatoms. The van der Waals surface area contributed by atoms with E-state index < -0.39 is 6.61 Å². The smallest absolute Gasteiger partial charge is 0.387 e. The molecule has 0 N–H and O–H groups in total. The van der Waals surface area contributed by atoms with Crippen LogP contribution in [0.15, 0.2) is 65.8 Å². The van der Waals surface area contributed by atoms with Gasteiger partial charge in [-0.2, -0.15) is 8.78 Å². The molecule has 0 fully saturated rings. The zero-order valence-electron chi connectivity index (χ0n) is 19.3. The molecule has 0 unspecified atom stereocenters. The monoisotopic (exact) mass is 492 g/mol. The second-order valence-corrected chi connectivity index (χ2v) is 9.17. The Hall–Kier alpha value is -3.72. The number of halogens is 2. The van der Waals surface area contributed by atoms with Gasteiger partial charge in [0.1, 0.15) is 5.75 Å². The van der Waals surface area contributed by atoms with Crippen molar-refractivity contribution in [2.45, 2.75) is 32.5 Å². The lowest BCUT2D eigenvalue weighted by Crippen LogP contribution is -2.06. The maximum absolute atomic E-state index is 13.2. The normalized spacial score (nSPS) is 11.6. The highest BCUT2D eigenvalue weighted by molar-refractivity contribution is 7.99. The van der Waals surface area contributed by atoms with E-state index in [2.05, 4.69) is 21.0 Å². The largest absolute Gasteiger partial charge is 0.435 e. The molecule has 0 spiro atoms. The second-order valence-electron chi connectivity index (χ2n) is 8.23. The first-order valence-electron chi connectivity index (χ1n) is 11.0. The summed E-state index contributed by atoms with van der Waals surface area (Å²) in [6.45, 7) is 2.95. The zero-order valence-corrected chi connectivity index (χ0v) is 20.1. The van der Waals surface area contributed by atoms with E-state index in [1.165, 1.54) is 23.9 Å². The minimum absolute atomic E-state index is 0.0276. The number of ether oxygens (including phenoxy) is 1. The molecule has 5 aromatic rings. The van der Waals surface area contributed by atoms with Crippen molar-refractivity contribution in [3.05, 3.63) is 83.2 Å². The number of hydrogen-bond donors (Lipinski definition) is 0. The summed E-state index contributed by atoms with van der Waals surface area (Å²) in [4.78, 5) is 13.2. The third-order valence-corrected chi connectivity index (χ3v) is 6.89. The number of nitrogens with zero attached hydrogens (tertiary/aromatic N) is 4. The molecule has 0 atom stereocenters. The number of ketones is 1. The van der Waals surface area contributed by atoms with Crippen molar-refractivity contribution in [1.82, 2.24) is 19.2 Å². The van der Waals surface area contributed by atoms with E-state index in [4.69, 9.17) is 0 Å². The van der Waals surface area contributed by atoms with Gasteiger partial charge in [0.2, 0.25) is 0 Å². The quantitative estimate of drug-likeness (QED) is 0.201. The van der Waals surface area contributed by atoms with Gasteiger partial charge >= 0.3 is 6.61 Å². The Kier molecular flexibility index (Phi) is 6.02. The van der Waals surface area contributed by atoms with Crippen molar-refractivity contribution in [1.29, 1.82) is 0 Å². The Labute approximate surface area is 204 Å². The number of hydrogen-bond acceptors (Lipinski definition) is 5. The van der Waals surface area contributed by atoms with E-state index in [1.54, 1.807) is 12.1 Å². The lowest BCUT2D eigenvalue weighted by Gasteiger charge is -2.11. The number of carbonyl (C=O) groups is 1. The number of thioether (sulfide) groups is 1. The van der Waals surface area contributed by atoms with Crippen LogP contribution in [0.1, 0.15) is 27.3 Å². The van der Waals surface area contributed by atoms with Gasteiger partial charge in [-0.05, 0) is 68.8 Å². The van der Waals surface area contributed by atoms with Crippen LogP contribution in [0.4, 0.5) is 8.78 Å². The van der Waals surface area contributed by atoms with Gasteiger partial charge in [0.15, 0.2) is 16.6 Å². The molecule has 0 radical (unpaired) electrons. The van der Waals surface area contributed by atoms with E-state index in [0.29, 0.717) is 10.7 Å². The summed E-state index contributed by atoms with van der Waals surface area (Å²) in [5, 5.41) is 10.4. The van der Waals surface area contributed by atoms with Gasteiger partial charge in [0, 0.05) is 28.0 Å². The summed E-state index contributed by atoms with van der Waals surface area (Å²) >= 11 is 1.35. The molecule has 0 saturated heterocycles. The molecule has 35 heavy (non-hydrogen) atoms. The summed E-state index contributed by atoms with van der Waals surface area (Å²) in [5.41, 5.74) is 5.88. The molecular weight excluding hydrogens is 470 g/mol. The number of carbonyl (C=O) groups excluding carboxylic acids is 1. The average Bonchev–Trinajstić information content (AvgIpc) is 3.38. The minimum Gasteiger partial charge on any atom is -0.435 e. The van der Waals surface area contributed by atoms with Gasteiger partial charge in [-0.3, -0.25) is 9.20 Å². The van der Waals surface area contributed by atoms with Gasteiger partial charge < -0.3 is 9.30 Å². The lowest BCUT2D eigenvalue weighted by atomic mass is 10.1. The summed E-state index contributed by atoms with van der Waals surface area (Å²) < 4.78 is 33.2. The van der Waals surface area contributed by atoms with Crippen LogP contribution >= 0.6 is 11.8 Å². The van der Waals surface area contributed by atoms with Crippen LogP contribution in [-0.2, 0) is 0 Å². The number of pyridine rings is 1. The van der Waals surface area contributed by atoms with E-state index in [1.807, 2.05) is 60.1 Å². The van der Waals surface area contributed by atoms with Gasteiger partial charge in [-0.15, -0.1) is 10.2 Å². The summed E-state index contributed by atoms with van der Waals surface area (Å²) in [5.74, 6) is 0.261. The molecule has 0 saturated carbocycles. The van der Waals surface area contributed by atoms with Crippen molar-refractivity contribution in [2.75, 3.05) is 5.75 Å². The van der Waals surface area contributed by atoms with E-state index in [9.17, 15) is 13.6 Å². The summed E-state index contributed by atoms with van der Waals surface area (Å²) in [6, 6.07) is 18.3. The van der Waals surface area contributed by atoms with Crippen LogP contribution < -0.4 is 4.74 Å². The highest BCUT2D eigenvalue weighted by atomic mass is 32.2. The SMILES string of the molecule is Cc1cc2nnc(SCC(=O)c3cc(C)n(-c4ccc(OC(F)F)cc4)c3C)n2c2ccccc12. The Morgan fingerprint density at radius 3 is 2.51 bits per heavy atom. The molecule has 0 aliphatic carbocycles. The van der Waals surface area contributed by atoms with Gasteiger partial charge in [-0.25, -0.2) is 0 Å². The molecule has 0 aliphatic heterocycles. The Balaban J connectivity index is 1.40. The first-order valence-corrected chi connectivity index (χ1v) is 12.0. The van der Waals surface area contributed by atoms with Crippen LogP contribution in [0.2, 0.25) is 0 Å². The van der Waals surface area contributed by atoms with Crippen molar-refractivity contribution >= 4 is 34.1 Å². The maximum atomic E-state index is 13.2. The van der Waals surface area contributed by atoms with Gasteiger partial charge in [-0.1, -0.05) is 30.0 Å². The molecular formula is C26H22F2N4O2S. The molecule has 6 nitrogen and oxygen atoms in total. The zero-order chi connectivity index (χ0) is 24.7. The third kappa shape index (κ3) is 4.27. The highest BCUT2D eigenvalue weighted by Crippen LogP contribution is 2.28. The number of aromatic nitrogens is 4. The molecule has 3 heterocycles. The minimum atomic E-state index is -2.87. The fraction of sp³-hybridized carbons (Fsp3) is 0.192. The first-order chi connectivity index (χ1) is 16.8. The number of benzene rings is 2. The third-order valence-electron chi connectivity index (χ3n) is 5.96. The first kappa shape index (κ1) is 23.0. The number of Topliss-reactive ketones (excluding diaryl/α,β-unsaturated/α-hetero) is 1. The van der Waals surface area contributed by atoms with Gasteiger partial charge in [0.05, 0.1) is 11.3 Å². The van der Waals surface area contributed by atoms with Crippen molar-refractivity contribution in [3.8, 4) is 11.4 Å². The molecule has 0 aliphatic rings. The number of fused-ring (bicyclic) bond motifs is 3. The van der Waals surface area contributed by atoms with E-state index >= 15 is 0 Å². The fourth-order valence-corrected chi connectivity index (χ4v) is 5.23. The fourth-order valence-electron chi connectivity index (χ4n) is 4.40. The number of alkyl halides is 2. The Morgan fingerprint density at radius 2 is 1.77 bits per heavy atom. The Morgan fingerprint density at radius 1 is 1.03 bits per heavy atom. The lowest BCUT2D eigenvalue weighted by molar-refractivity contribution is -0.0498. The molecule has 3 aromatic heterocycles. The number of rotatable bonds is 7. The summed E-state index contributed by atoms with van der Waals surface area (Å²) in [7, 11) is 0. The van der Waals surface area contributed by atoms with Crippen LogP contribution in [0, 0.1) is 20.8 Å². The van der Waals surface area contributed by atoms with E-state index in [0.717, 1.165) is 39.2 Å². The standard InChI is InChI=1S/C26H22F2N4O2S/c1-15-12-24-29-30-26(32(24)22-7-5-4-6-20(15)22)35-14-23(33)21-13-16(2)31(17(21)3)18-8-10-19(11-9-18)34-25(27)28/h4-13,25H,14H2,1-3H3. The van der Waals surface area contributed by atoms with Crippen molar-refractivity contribution < 1.29 is 18.3 Å². The van der Waals surface area contributed by atoms with Crippen LogP contribution in [0.3, 0.4) is 0 Å². The van der Waals surface area contributed by atoms with E-state index in [-0.39, 0.29) is 17.3 Å². The maximum Gasteiger partial charge on any atom is 0.387 e. The van der Waals surface area contributed by atoms with Crippen molar-refractivity contribution in [3.63, 3.8) is 0 Å². The molecule has 2 aromatic carbocycles. The second kappa shape index (κ2) is 9.14. The highest BCUT2D eigenvalue weighted by Gasteiger charge is 2.19. The predicted molar refractivity (Wildman–Crippen MR) is 132 cm³/mol. The topological polar surface area (TPSA) is 61.4 Å². The molecule has 5 rings (SSSR count). The van der Waals surface area contributed by atoms with Crippen molar-refractivity contribution in [2.24, 2.45) is 0 Å². The molecule has 0 amide bonds. The number of para-hydroxylation sites is 1.